The number of hydrogen-bond donors (Lipinski definition) is 1. The Bertz CT molecular complexity index is 392. The molecule has 0 atom stereocenters. The number of rotatable bonds is 4. The minimum atomic E-state index is 0.825. The summed E-state index contributed by atoms with van der Waals surface area (Å²) in [5.41, 5.74) is 2.71. The standard InChI is InChI=1S/C14H24N4/c1-17(12-4-2-3-5-12)8-9-18-11-16-13-10-15-7-6-14(13)18/h11-12,15H,2-10H2,1H3. The maximum absolute atomic E-state index is 4.51. The van der Waals surface area contributed by atoms with Crippen molar-refractivity contribution in [1.82, 2.24) is 19.8 Å². The van der Waals surface area contributed by atoms with Crippen molar-refractivity contribution in [3.05, 3.63) is 17.7 Å². The van der Waals surface area contributed by atoms with Crippen LogP contribution in [-0.2, 0) is 19.5 Å². The average Bonchev–Trinajstić information content (AvgIpc) is 3.06. The molecule has 4 heteroatoms. The SMILES string of the molecule is CN(CCn1cnc2c1CCNC2)C1CCCC1. The van der Waals surface area contributed by atoms with Gasteiger partial charge in [0.2, 0.25) is 0 Å². The summed E-state index contributed by atoms with van der Waals surface area (Å²) >= 11 is 0. The van der Waals surface area contributed by atoms with E-state index < -0.39 is 0 Å². The van der Waals surface area contributed by atoms with Gasteiger partial charge in [0.15, 0.2) is 0 Å². The highest BCUT2D eigenvalue weighted by atomic mass is 15.2. The van der Waals surface area contributed by atoms with Crippen LogP contribution in [-0.4, -0.2) is 40.6 Å². The molecule has 3 rings (SSSR count). The number of imidazole rings is 1. The van der Waals surface area contributed by atoms with Crippen LogP contribution in [0.3, 0.4) is 0 Å². The van der Waals surface area contributed by atoms with E-state index in [0.717, 1.165) is 38.6 Å². The van der Waals surface area contributed by atoms with Gasteiger partial charge in [-0.2, -0.15) is 0 Å². The first-order chi connectivity index (χ1) is 8.84. The van der Waals surface area contributed by atoms with Gasteiger partial charge in [-0.3, -0.25) is 0 Å². The summed E-state index contributed by atoms with van der Waals surface area (Å²) in [4.78, 5) is 7.06. The Morgan fingerprint density at radius 1 is 1.44 bits per heavy atom. The van der Waals surface area contributed by atoms with Crippen molar-refractivity contribution in [1.29, 1.82) is 0 Å². The van der Waals surface area contributed by atoms with E-state index >= 15 is 0 Å². The highest BCUT2D eigenvalue weighted by molar-refractivity contribution is 5.16. The molecule has 1 N–H and O–H groups in total. The Labute approximate surface area is 109 Å². The van der Waals surface area contributed by atoms with Crippen molar-refractivity contribution in [2.75, 3.05) is 20.1 Å². The molecular weight excluding hydrogens is 224 g/mol. The van der Waals surface area contributed by atoms with Gasteiger partial charge in [0.1, 0.15) is 0 Å². The third-order valence-corrected chi connectivity index (χ3v) is 4.51. The van der Waals surface area contributed by atoms with E-state index in [0.29, 0.717) is 0 Å². The molecular formula is C14H24N4. The first-order valence-corrected chi connectivity index (χ1v) is 7.28. The van der Waals surface area contributed by atoms with E-state index in [1.54, 1.807) is 0 Å². The van der Waals surface area contributed by atoms with Crippen LogP contribution in [0.15, 0.2) is 6.33 Å². The van der Waals surface area contributed by atoms with E-state index in [9.17, 15) is 0 Å². The third kappa shape index (κ3) is 2.45. The van der Waals surface area contributed by atoms with Crippen LogP contribution < -0.4 is 5.32 Å². The number of hydrogen-bond acceptors (Lipinski definition) is 3. The fraction of sp³-hybridized carbons (Fsp3) is 0.786. The lowest BCUT2D eigenvalue weighted by molar-refractivity contribution is 0.235. The number of nitrogens with one attached hydrogen (secondary N) is 1. The zero-order chi connectivity index (χ0) is 12.4. The highest BCUT2D eigenvalue weighted by Gasteiger charge is 2.20. The number of nitrogens with zero attached hydrogens (tertiary/aromatic N) is 3. The predicted octanol–water partition coefficient (Wildman–Crippen LogP) is 1.40. The Morgan fingerprint density at radius 2 is 2.28 bits per heavy atom. The van der Waals surface area contributed by atoms with Gasteiger partial charge in [0, 0.05) is 44.3 Å². The van der Waals surface area contributed by atoms with Gasteiger partial charge in [-0.1, -0.05) is 12.8 Å². The number of fused-ring (bicyclic) bond motifs is 1. The van der Waals surface area contributed by atoms with Gasteiger partial charge in [0.25, 0.3) is 0 Å². The van der Waals surface area contributed by atoms with Crippen molar-refractivity contribution in [2.24, 2.45) is 0 Å². The monoisotopic (exact) mass is 248 g/mol. The fourth-order valence-electron chi connectivity index (χ4n) is 3.28. The molecule has 0 radical (unpaired) electrons. The fourth-order valence-corrected chi connectivity index (χ4v) is 3.28. The van der Waals surface area contributed by atoms with E-state index in [-0.39, 0.29) is 0 Å². The molecule has 1 aliphatic heterocycles. The summed E-state index contributed by atoms with van der Waals surface area (Å²) in [6.07, 6.45) is 8.77. The quantitative estimate of drug-likeness (QED) is 0.874. The molecule has 0 saturated heterocycles. The second-order valence-corrected chi connectivity index (χ2v) is 5.68. The largest absolute Gasteiger partial charge is 0.333 e. The molecule has 1 saturated carbocycles. The Morgan fingerprint density at radius 3 is 3.11 bits per heavy atom. The third-order valence-electron chi connectivity index (χ3n) is 4.51. The summed E-state index contributed by atoms with van der Waals surface area (Å²) in [7, 11) is 2.28. The maximum atomic E-state index is 4.51. The van der Waals surface area contributed by atoms with Gasteiger partial charge in [-0.15, -0.1) is 0 Å². The van der Waals surface area contributed by atoms with Crippen LogP contribution in [0.2, 0.25) is 0 Å². The Kier molecular flexibility index (Phi) is 3.66. The molecule has 0 unspecified atom stereocenters. The molecule has 4 nitrogen and oxygen atoms in total. The first-order valence-electron chi connectivity index (χ1n) is 7.28. The van der Waals surface area contributed by atoms with Gasteiger partial charge in [0.05, 0.1) is 12.0 Å². The lowest BCUT2D eigenvalue weighted by atomic mass is 10.2. The molecule has 0 amide bonds. The molecule has 0 spiro atoms. The number of likely N-dealkylation sites (N-methyl/N-ethyl adjacent to an activating group) is 1. The van der Waals surface area contributed by atoms with E-state index in [4.69, 9.17) is 0 Å². The summed E-state index contributed by atoms with van der Waals surface area (Å²) < 4.78 is 2.36. The molecule has 1 aromatic heterocycles. The van der Waals surface area contributed by atoms with Crippen LogP contribution >= 0.6 is 0 Å². The second kappa shape index (κ2) is 5.41. The van der Waals surface area contributed by atoms with Crippen LogP contribution in [0.5, 0.6) is 0 Å². The van der Waals surface area contributed by atoms with Crippen LogP contribution in [0.1, 0.15) is 37.1 Å². The zero-order valence-electron chi connectivity index (χ0n) is 11.4. The van der Waals surface area contributed by atoms with Gasteiger partial charge < -0.3 is 14.8 Å². The number of aromatic nitrogens is 2. The Balaban J connectivity index is 1.57. The van der Waals surface area contributed by atoms with E-state index in [2.05, 4.69) is 26.8 Å². The van der Waals surface area contributed by atoms with Crippen molar-refractivity contribution in [3.8, 4) is 0 Å². The molecule has 18 heavy (non-hydrogen) atoms. The smallest absolute Gasteiger partial charge is 0.0952 e. The molecule has 0 aromatic carbocycles. The van der Waals surface area contributed by atoms with E-state index in [1.807, 2.05) is 6.33 Å². The second-order valence-electron chi connectivity index (χ2n) is 5.68. The van der Waals surface area contributed by atoms with Crippen LogP contribution in [0.4, 0.5) is 0 Å². The van der Waals surface area contributed by atoms with Crippen LogP contribution in [0.25, 0.3) is 0 Å². The Hall–Kier alpha value is -0.870. The minimum absolute atomic E-state index is 0.825. The summed E-state index contributed by atoms with van der Waals surface area (Å²) in [5.74, 6) is 0. The van der Waals surface area contributed by atoms with Crippen molar-refractivity contribution in [3.63, 3.8) is 0 Å². The zero-order valence-corrected chi connectivity index (χ0v) is 11.4. The summed E-state index contributed by atoms with van der Waals surface area (Å²) in [6, 6.07) is 0.825. The maximum Gasteiger partial charge on any atom is 0.0952 e. The molecule has 1 aliphatic carbocycles. The molecule has 0 bridgehead atoms. The topological polar surface area (TPSA) is 33.1 Å². The lowest BCUT2D eigenvalue weighted by Gasteiger charge is -2.24. The summed E-state index contributed by atoms with van der Waals surface area (Å²) in [5, 5.41) is 3.38. The normalized spacial score (nSPS) is 20.6. The molecule has 2 heterocycles. The highest BCUT2D eigenvalue weighted by Crippen LogP contribution is 2.22. The molecule has 1 fully saturated rings. The van der Waals surface area contributed by atoms with Gasteiger partial charge in [-0.05, 0) is 19.9 Å². The minimum Gasteiger partial charge on any atom is -0.333 e. The first kappa shape index (κ1) is 12.2. The average molecular weight is 248 g/mol. The lowest BCUT2D eigenvalue weighted by Crippen LogP contribution is -2.32. The molecule has 1 aromatic rings. The van der Waals surface area contributed by atoms with Crippen molar-refractivity contribution < 1.29 is 0 Å². The van der Waals surface area contributed by atoms with E-state index in [1.165, 1.54) is 37.1 Å². The van der Waals surface area contributed by atoms with Crippen molar-refractivity contribution >= 4 is 0 Å². The summed E-state index contributed by atoms with van der Waals surface area (Å²) in [6.45, 7) is 4.29. The van der Waals surface area contributed by atoms with Crippen molar-refractivity contribution in [2.45, 2.75) is 51.2 Å². The predicted molar refractivity (Wildman–Crippen MR) is 72.5 cm³/mol. The van der Waals surface area contributed by atoms with Crippen LogP contribution in [0, 0.1) is 0 Å². The molecule has 100 valence electrons. The van der Waals surface area contributed by atoms with Gasteiger partial charge in [-0.25, -0.2) is 4.98 Å². The van der Waals surface area contributed by atoms with Gasteiger partial charge >= 0.3 is 0 Å². The molecule has 2 aliphatic rings.